The average molecular weight is 234 g/mol. The van der Waals surface area contributed by atoms with E-state index in [9.17, 15) is 8.78 Å². The Kier molecular flexibility index (Phi) is 3.44. The lowest BCUT2D eigenvalue weighted by Crippen LogP contribution is -2.05. The Morgan fingerprint density at radius 3 is 2.71 bits per heavy atom. The van der Waals surface area contributed by atoms with E-state index in [2.05, 4.69) is 10.3 Å². The van der Waals surface area contributed by atoms with Gasteiger partial charge in [-0.3, -0.25) is 4.98 Å². The van der Waals surface area contributed by atoms with Crippen molar-refractivity contribution in [1.82, 2.24) is 10.3 Å². The minimum absolute atomic E-state index is 0.358. The summed E-state index contributed by atoms with van der Waals surface area (Å²) in [6, 6.07) is 5.37. The van der Waals surface area contributed by atoms with Crippen LogP contribution in [0.15, 0.2) is 36.7 Å². The third-order valence-corrected chi connectivity index (χ3v) is 2.42. The van der Waals surface area contributed by atoms with E-state index in [1.54, 1.807) is 12.4 Å². The maximum atomic E-state index is 13.6. The molecule has 2 nitrogen and oxygen atoms in total. The average Bonchev–Trinajstić information content (AvgIpc) is 2.29. The largest absolute Gasteiger partial charge is 0.316 e. The summed E-state index contributed by atoms with van der Waals surface area (Å²) in [7, 11) is 1.82. The molecular formula is C13H12F2N2. The zero-order chi connectivity index (χ0) is 12.3. The molecule has 0 saturated carbocycles. The fraction of sp³-hybridized carbons (Fsp3) is 0.154. The van der Waals surface area contributed by atoms with Crippen LogP contribution in [-0.4, -0.2) is 12.0 Å². The summed E-state index contributed by atoms with van der Waals surface area (Å²) in [6.45, 7) is 0.656. The van der Waals surface area contributed by atoms with Gasteiger partial charge in [0.15, 0.2) is 0 Å². The van der Waals surface area contributed by atoms with E-state index in [-0.39, 0.29) is 0 Å². The molecule has 1 heterocycles. The molecule has 1 N–H and O–H groups in total. The maximum absolute atomic E-state index is 13.6. The number of halogens is 2. The van der Waals surface area contributed by atoms with Gasteiger partial charge in [-0.1, -0.05) is 0 Å². The molecular weight excluding hydrogens is 222 g/mol. The number of benzene rings is 1. The number of hydrogen-bond donors (Lipinski definition) is 1. The molecule has 0 aliphatic heterocycles. The molecule has 2 aromatic rings. The predicted molar refractivity (Wildman–Crippen MR) is 62.4 cm³/mol. The molecule has 1 aromatic heterocycles. The van der Waals surface area contributed by atoms with E-state index in [1.165, 1.54) is 12.1 Å². The van der Waals surface area contributed by atoms with Crippen LogP contribution in [0.5, 0.6) is 0 Å². The topological polar surface area (TPSA) is 24.9 Å². The van der Waals surface area contributed by atoms with Crippen LogP contribution in [0.25, 0.3) is 11.1 Å². The van der Waals surface area contributed by atoms with E-state index in [1.807, 2.05) is 13.1 Å². The Morgan fingerprint density at radius 1 is 1.18 bits per heavy atom. The van der Waals surface area contributed by atoms with E-state index in [4.69, 9.17) is 0 Å². The molecule has 0 bridgehead atoms. The molecule has 0 radical (unpaired) electrons. The third-order valence-electron chi connectivity index (χ3n) is 2.42. The second-order valence-electron chi connectivity index (χ2n) is 3.74. The SMILES string of the molecule is CNCc1cncc(-c2ccc(F)cc2F)c1. The fourth-order valence-corrected chi connectivity index (χ4v) is 1.66. The molecule has 4 heteroatoms. The molecule has 0 aliphatic rings. The Bertz CT molecular complexity index is 527. The van der Waals surface area contributed by atoms with Gasteiger partial charge < -0.3 is 5.32 Å². The van der Waals surface area contributed by atoms with Gasteiger partial charge in [-0.05, 0) is 30.8 Å². The third kappa shape index (κ3) is 2.65. The van der Waals surface area contributed by atoms with Crippen LogP contribution >= 0.6 is 0 Å². The van der Waals surface area contributed by atoms with Crippen molar-refractivity contribution in [2.45, 2.75) is 6.54 Å². The standard InChI is InChI=1S/C13H12F2N2/c1-16-6-9-4-10(8-17-7-9)12-3-2-11(14)5-13(12)15/h2-5,7-8,16H,6H2,1H3. The van der Waals surface area contributed by atoms with Crippen LogP contribution in [0.2, 0.25) is 0 Å². The minimum Gasteiger partial charge on any atom is -0.316 e. The number of hydrogen-bond acceptors (Lipinski definition) is 2. The zero-order valence-corrected chi connectivity index (χ0v) is 9.37. The first-order valence-corrected chi connectivity index (χ1v) is 5.24. The molecule has 2 rings (SSSR count). The number of aromatic nitrogens is 1. The van der Waals surface area contributed by atoms with E-state index < -0.39 is 11.6 Å². The number of rotatable bonds is 3. The number of nitrogens with zero attached hydrogens (tertiary/aromatic N) is 1. The first-order chi connectivity index (χ1) is 8.20. The highest BCUT2D eigenvalue weighted by Gasteiger charge is 2.07. The molecule has 0 fully saturated rings. The second-order valence-corrected chi connectivity index (χ2v) is 3.74. The van der Waals surface area contributed by atoms with Crippen molar-refractivity contribution in [3.05, 3.63) is 53.9 Å². The van der Waals surface area contributed by atoms with Crippen molar-refractivity contribution < 1.29 is 8.78 Å². The van der Waals surface area contributed by atoms with Gasteiger partial charge in [0.05, 0.1) is 0 Å². The van der Waals surface area contributed by atoms with Crippen molar-refractivity contribution in [3.63, 3.8) is 0 Å². The summed E-state index contributed by atoms with van der Waals surface area (Å²) in [6.07, 6.45) is 3.27. The Labute approximate surface area is 98.3 Å². The van der Waals surface area contributed by atoms with Crippen molar-refractivity contribution in [2.24, 2.45) is 0 Å². The quantitative estimate of drug-likeness (QED) is 0.883. The Hall–Kier alpha value is -1.81. The summed E-state index contributed by atoms with van der Waals surface area (Å²) >= 11 is 0. The highest BCUT2D eigenvalue weighted by Crippen LogP contribution is 2.23. The summed E-state index contributed by atoms with van der Waals surface area (Å²) in [5, 5.41) is 2.99. The van der Waals surface area contributed by atoms with Gasteiger partial charge in [0, 0.05) is 36.1 Å². The van der Waals surface area contributed by atoms with E-state index >= 15 is 0 Å². The maximum Gasteiger partial charge on any atom is 0.133 e. The van der Waals surface area contributed by atoms with E-state index in [0.29, 0.717) is 17.7 Å². The zero-order valence-electron chi connectivity index (χ0n) is 9.37. The van der Waals surface area contributed by atoms with Crippen LogP contribution in [-0.2, 0) is 6.54 Å². The van der Waals surface area contributed by atoms with Crippen LogP contribution in [0, 0.1) is 11.6 Å². The molecule has 17 heavy (non-hydrogen) atoms. The van der Waals surface area contributed by atoms with Gasteiger partial charge in [-0.15, -0.1) is 0 Å². The normalized spacial score (nSPS) is 10.5. The van der Waals surface area contributed by atoms with Gasteiger partial charge in [0.1, 0.15) is 11.6 Å². The smallest absolute Gasteiger partial charge is 0.133 e. The molecule has 0 unspecified atom stereocenters. The Morgan fingerprint density at radius 2 is 2.00 bits per heavy atom. The summed E-state index contributed by atoms with van der Waals surface area (Å²) in [5.74, 6) is -1.15. The lowest BCUT2D eigenvalue weighted by Gasteiger charge is -2.05. The minimum atomic E-state index is -0.578. The summed E-state index contributed by atoms with van der Waals surface area (Å²) < 4.78 is 26.4. The monoisotopic (exact) mass is 234 g/mol. The second kappa shape index (κ2) is 5.01. The molecule has 0 spiro atoms. The Balaban J connectivity index is 2.42. The fourth-order valence-electron chi connectivity index (χ4n) is 1.66. The number of nitrogens with one attached hydrogen (secondary N) is 1. The molecule has 0 aliphatic carbocycles. The molecule has 1 aromatic carbocycles. The number of pyridine rings is 1. The van der Waals surface area contributed by atoms with Crippen molar-refractivity contribution in [3.8, 4) is 11.1 Å². The molecule has 0 saturated heterocycles. The first-order valence-electron chi connectivity index (χ1n) is 5.24. The van der Waals surface area contributed by atoms with Crippen LogP contribution in [0.1, 0.15) is 5.56 Å². The van der Waals surface area contributed by atoms with Gasteiger partial charge in [-0.25, -0.2) is 8.78 Å². The van der Waals surface area contributed by atoms with Crippen LogP contribution in [0.4, 0.5) is 8.78 Å². The predicted octanol–water partition coefficient (Wildman–Crippen LogP) is 2.75. The van der Waals surface area contributed by atoms with E-state index in [0.717, 1.165) is 11.6 Å². The van der Waals surface area contributed by atoms with Gasteiger partial charge in [-0.2, -0.15) is 0 Å². The first kappa shape index (κ1) is 11.7. The summed E-state index contributed by atoms with van der Waals surface area (Å²) in [4.78, 5) is 4.04. The molecule has 88 valence electrons. The van der Waals surface area contributed by atoms with Gasteiger partial charge >= 0.3 is 0 Å². The highest BCUT2D eigenvalue weighted by atomic mass is 19.1. The van der Waals surface area contributed by atoms with Crippen molar-refractivity contribution in [2.75, 3.05) is 7.05 Å². The van der Waals surface area contributed by atoms with Gasteiger partial charge in [0.25, 0.3) is 0 Å². The van der Waals surface area contributed by atoms with Crippen molar-refractivity contribution >= 4 is 0 Å². The van der Waals surface area contributed by atoms with Crippen molar-refractivity contribution in [1.29, 1.82) is 0 Å². The molecule has 0 atom stereocenters. The van der Waals surface area contributed by atoms with Gasteiger partial charge in [0.2, 0.25) is 0 Å². The molecule has 0 amide bonds. The van der Waals surface area contributed by atoms with Crippen LogP contribution < -0.4 is 5.32 Å². The lowest BCUT2D eigenvalue weighted by molar-refractivity contribution is 0.585. The lowest BCUT2D eigenvalue weighted by atomic mass is 10.1. The van der Waals surface area contributed by atoms with Crippen LogP contribution in [0.3, 0.4) is 0 Å². The summed E-state index contributed by atoms with van der Waals surface area (Å²) in [5.41, 5.74) is 1.96. The highest BCUT2D eigenvalue weighted by molar-refractivity contribution is 5.63.